The van der Waals surface area contributed by atoms with E-state index in [4.69, 9.17) is 0 Å². The van der Waals surface area contributed by atoms with Gasteiger partial charge in [-0.05, 0) is 47.2 Å². The molecular formula is C17H17BrF2N4O4S. The van der Waals surface area contributed by atoms with Gasteiger partial charge in [0.15, 0.2) is 0 Å². The number of halogens is 3. The Morgan fingerprint density at radius 2 is 1.72 bits per heavy atom. The molecule has 0 saturated heterocycles. The highest BCUT2D eigenvalue weighted by molar-refractivity contribution is 9.10. The molecule has 0 aliphatic rings. The lowest BCUT2D eigenvalue weighted by Gasteiger charge is -2.17. The van der Waals surface area contributed by atoms with Crippen molar-refractivity contribution in [2.24, 2.45) is 0 Å². The van der Waals surface area contributed by atoms with Gasteiger partial charge < -0.3 is 10.6 Å². The average Bonchev–Trinajstić information content (AvgIpc) is 2.63. The summed E-state index contributed by atoms with van der Waals surface area (Å²) in [6.45, 7) is -0.424. The molecule has 29 heavy (non-hydrogen) atoms. The van der Waals surface area contributed by atoms with Crippen LogP contribution in [-0.4, -0.2) is 56.0 Å². The van der Waals surface area contributed by atoms with Crippen molar-refractivity contribution in [1.82, 2.24) is 9.88 Å². The predicted molar refractivity (Wildman–Crippen MR) is 106 cm³/mol. The first-order valence-corrected chi connectivity index (χ1v) is 10.4. The van der Waals surface area contributed by atoms with Crippen LogP contribution in [0.2, 0.25) is 0 Å². The van der Waals surface area contributed by atoms with Crippen molar-refractivity contribution in [2.45, 2.75) is 10.7 Å². The Hall–Kier alpha value is -2.44. The Labute approximate surface area is 174 Å². The number of carbonyl (C=O) groups excluding carboxylic acids is 2. The summed E-state index contributed by atoms with van der Waals surface area (Å²) in [5.74, 6) is -4.36. The molecule has 156 valence electrons. The largest absolute Gasteiger partial charge is 0.341 e. The zero-order chi connectivity index (χ0) is 21.6. The number of alkyl halides is 2. The maximum Gasteiger partial charge on any atom is 0.341 e. The lowest BCUT2D eigenvalue weighted by Crippen LogP contribution is -2.36. The summed E-state index contributed by atoms with van der Waals surface area (Å²) in [5, 5.41) is 4.85. The zero-order valence-corrected chi connectivity index (χ0v) is 17.5. The minimum atomic E-state index is -4.87. The van der Waals surface area contributed by atoms with Gasteiger partial charge in [-0.2, -0.15) is 8.78 Å². The minimum Gasteiger partial charge on any atom is -0.324 e. The second-order valence-corrected chi connectivity index (χ2v) is 8.73. The van der Waals surface area contributed by atoms with Gasteiger partial charge in [-0.1, -0.05) is 12.1 Å². The van der Waals surface area contributed by atoms with Gasteiger partial charge in [-0.3, -0.25) is 14.5 Å². The van der Waals surface area contributed by atoms with Gasteiger partial charge in [-0.25, -0.2) is 13.4 Å². The van der Waals surface area contributed by atoms with E-state index >= 15 is 0 Å². The van der Waals surface area contributed by atoms with Crippen molar-refractivity contribution in [1.29, 1.82) is 0 Å². The molecule has 2 amide bonds. The molecule has 0 unspecified atom stereocenters. The average molecular weight is 491 g/mol. The number of amides is 2. The van der Waals surface area contributed by atoms with Gasteiger partial charge in [0.1, 0.15) is 5.82 Å². The summed E-state index contributed by atoms with van der Waals surface area (Å²) >= 11 is 3.22. The SMILES string of the molecule is CN(CC(=O)Nc1ccc(Br)cn1)CC(=O)Nc1ccccc1S(=O)(=O)C(F)F. The lowest BCUT2D eigenvalue weighted by molar-refractivity contribution is -0.119. The van der Waals surface area contributed by atoms with Crippen LogP contribution >= 0.6 is 15.9 Å². The number of benzene rings is 1. The Balaban J connectivity index is 1.95. The highest BCUT2D eigenvalue weighted by Crippen LogP contribution is 2.26. The molecule has 0 aliphatic heterocycles. The van der Waals surface area contributed by atoms with Crippen LogP contribution in [0.15, 0.2) is 52.0 Å². The third-order valence-corrected chi connectivity index (χ3v) is 5.43. The first-order chi connectivity index (χ1) is 13.6. The van der Waals surface area contributed by atoms with E-state index in [1.807, 2.05) is 0 Å². The number of anilines is 2. The Bertz CT molecular complexity index is 987. The fourth-order valence-corrected chi connectivity index (χ4v) is 3.40. The lowest BCUT2D eigenvalue weighted by atomic mass is 10.3. The van der Waals surface area contributed by atoms with Crippen LogP contribution in [0, 0.1) is 0 Å². The summed E-state index contributed by atoms with van der Waals surface area (Å²) in [4.78, 5) is 28.9. The Kier molecular flexibility index (Phi) is 7.76. The maximum absolute atomic E-state index is 12.8. The van der Waals surface area contributed by atoms with Crippen LogP contribution in [-0.2, 0) is 19.4 Å². The van der Waals surface area contributed by atoms with Crippen LogP contribution < -0.4 is 10.6 Å². The van der Waals surface area contributed by atoms with E-state index in [1.54, 1.807) is 12.1 Å². The molecule has 0 radical (unpaired) electrons. The zero-order valence-electron chi connectivity index (χ0n) is 15.1. The quantitative estimate of drug-likeness (QED) is 0.587. The molecule has 1 aromatic carbocycles. The third-order valence-electron chi connectivity index (χ3n) is 3.52. The van der Waals surface area contributed by atoms with Gasteiger partial charge in [0.05, 0.1) is 23.7 Å². The van der Waals surface area contributed by atoms with Crippen molar-refractivity contribution < 1.29 is 26.8 Å². The first kappa shape index (κ1) is 22.8. The van der Waals surface area contributed by atoms with Crippen molar-refractivity contribution in [3.05, 3.63) is 47.1 Å². The van der Waals surface area contributed by atoms with Crippen LogP contribution in [0.3, 0.4) is 0 Å². The smallest absolute Gasteiger partial charge is 0.324 e. The standard InChI is InChI=1S/C17H17BrF2N4O4S/c1-24(10-16(26)23-14-7-6-11(18)8-21-14)9-15(25)22-12-4-2-3-5-13(12)29(27,28)17(19)20/h2-8,17H,9-10H2,1H3,(H,22,25)(H,21,23,26). The van der Waals surface area contributed by atoms with Crippen LogP contribution in [0.1, 0.15) is 0 Å². The van der Waals surface area contributed by atoms with E-state index in [1.165, 1.54) is 36.3 Å². The monoisotopic (exact) mass is 490 g/mol. The maximum atomic E-state index is 12.8. The number of para-hydroxylation sites is 1. The van der Waals surface area contributed by atoms with Crippen molar-refractivity contribution >= 4 is 49.1 Å². The molecular weight excluding hydrogens is 474 g/mol. The van der Waals surface area contributed by atoms with Crippen LogP contribution in [0.5, 0.6) is 0 Å². The molecule has 2 aromatic rings. The van der Waals surface area contributed by atoms with Crippen LogP contribution in [0.25, 0.3) is 0 Å². The van der Waals surface area contributed by atoms with E-state index < -0.39 is 32.3 Å². The second kappa shape index (κ2) is 9.85. The number of hydrogen-bond donors (Lipinski definition) is 2. The molecule has 0 aliphatic carbocycles. The van der Waals surface area contributed by atoms with Crippen LogP contribution in [0.4, 0.5) is 20.3 Å². The number of pyridine rings is 1. The Morgan fingerprint density at radius 1 is 1.10 bits per heavy atom. The molecule has 0 bridgehead atoms. The molecule has 0 fully saturated rings. The first-order valence-electron chi connectivity index (χ1n) is 8.10. The highest BCUT2D eigenvalue weighted by Gasteiger charge is 2.29. The van der Waals surface area contributed by atoms with E-state index in [0.29, 0.717) is 5.82 Å². The highest BCUT2D eigenvalue weighted by atomic mass is 79.9. The number of nitrogens with zero attached hydrogens (tertiary/aromatic N) is 2. The topological polar surface area (TPSA) is 108 Å². The molecule has 2 N–H and O–H groups in total. The number of carbonyl (C=O) groups is 2. The molecule has 8 nitrogen and oxygen atoms in total. The van der Waals surface area contributed by atoms with E-state index in [9.17, 15) is 26.8 Å². The predicted octanol–water partition coefficient (Wildman–Crippen LogP) is 2.35. The summed E-state index contributed by atoms with van der Waals surface area (Å²) in [7, 11) is -3.38. The normalized spacial score (nSPS) is 11.5. The summed E-state index contributed by atoms with van der Waals surface area (Å²) in [5.41, 5.74) is -0.255. The van der Waals surface area contributed by atoms with Crippen molar-refractivity contribution in [2.75, 3.05) is 30.8 Å². The summed E-state index contributed by atoms with van der Waals surface area (Å²) in [6.07, 6.45) is 1.51. The second-order valence-electron chi connectivity index (χ2n) is 5.93. The molecule has 2 rings (SSSR count). The van der Waals surface area contributed by atoms with E-state index in [0.717, 1.165) is 10.5 Å². The Morgan fingerprint density at radius 3 is 2.31 bits per heavy atom. The summed E-state index contributed by atoms with van der Waals surface area (Å²) < 4.78 is 49.8. The van der Waals surface area contributed by atoms with Gasteiger partial charge in [0.2, 0.25) is 21.7 Å². The third kappa shape index (κ3) is 6.54. The van der Waals surface area contributed by atoms with Gasteiger partial charge >= 0.3 is 5.76 Å². The fourth-order valence-electron chi connectivity index (χ4n) is 2.28. The molecule has 0 atom stereocenters. The van der Waals surface area contributed by atoms with Crippen molar-refractivity contribution in [3.8, 4) is 0 Å². The van der Waals surface area contributed by atoms with Crippen molar-refractivity contribution in [3.63, 3.8) is 0 Å². The van der Waals surface area contributed by atoms with E-state index in [2.05, 4.69) is 31.5 Å². The van der Waals surface area contributed by atoms with E-state index in [-0.39, 0.29) is 18.8 Å². The summed E-state index contributed by atoms with van der Waals surface area (Å²) in [6, 6.07) is 8.16. The fraction of sp³-hybridized carbons (Fsp3) is 0.235. The number of aromatic nitrogens is 1. The number of likely N-dealkylation sites (N-methyl/N-ethyl adjacent to an activating group) is 1. The minimum absolute atomic E-state index is 0.151. The van der Waals surface area contributed by atoms with Gasteiger partial charge in [-0.15, -0.1) is 0 Å². The number of hydrogen-bond acceptors (Lipinski definition) is 6. The molecule has 1 heterocycles. The molecule has 12 heteroatoms. The van der Waals surface area contributed by atoms with Gasteiger partial charge in [0.25, 0.3) is 0 Å². The number of rotatable bonds is 8. The molecule has 1 aromatic heterocycles. The molecule has 0 spiro atoms. The number of nitrogens with one attached hydrogen (secondary N) is 2. The molecule has 0 saturated carbocycles. The number of sulfone groups is 1. The van der Waals surface area contributed by atoms with Gasteiger partial charge in [0, 0.05) is 10.7 Å².